The lowest BCUT2D eigenvalue weighted by atomic mass is 9.87. The predicted octanol–water partition coefficient (Wildman–Crippen LogP) is 7.70. The number of nitrogens with zero attached hydrogens (tertiary/aromatic N) is 1. The fourth-order valence-corrected chi connectivity index (χ4v) is 6.60. The maximum atomic E-state index is 13.5. The number of likely N-dealkylation sites (tertiary alicyclic amines) is 1. The normalized spacial score (nSPS) is 20.9. The summed E-state index contributed by atoms with van der Waals surface area (Å²) in [7, 11) is 0. The van der Waals surface area contributed by atoms with E-state index in [4.69, 9.17) is 0 Å². The molecule has 1 aliphatic heterocycles. The molecule has 0 unspecified atom stereocenters. The van der Waals surface area contributed by atoms with Crippen LogP contribution in [0.15, 0.2) is 72.8 Å². The number of carbonyl (C=O) groups excluding carboxylic acids is 1. The van der Waals surface area contributed by atoms with E-state index >= 15 is 0 Å². The number of benzene rings is 3. The molecule has 8 heteroatoms. The largest absolute Gasteiger partial charge is 0.416 e. The molecule has 1 N–H and O–H groups in total. The molecule has 2 fully saturated rings. The van der Waals surface area contributed by atoms with E-state index in [0.717, 1.165) is 56.0 Å². The first-order valence-electron chi connectivity index (χ1n) is 14.3. The van der Waals surface area contributed by atoms with Gasteiger partial charge in [-0.1, -0.05) is 48.9 Å². The highest BCUT2D eigenvalue weighted by Gasteiger charge is 2.43. The van der Waals surface area contributed by atoms with Crippen molar-refractivity contribution in [1.29, 1.82) is 0 Å². The summed E-state index contributed by atoms with van der Waals surface area (Å²) >= 11 is 0. The molecule has 1 aliphatic carbocycles. The Balaban J connectivity index is 1.10. The van der Waals surface area contributed by atoms with E-state index in [9.17, 15) is 26.7 Å². The number of carbonyl (C=O) groups is 1. The molecule has 0 aromatic heterocycles. The summed E-state index contributed by atoms with van der Waals surface area (Å²) in [5.74, 6) is 0.143. The second-order valence-electron chi connectivity index (χ2n) is 11.5. The van der Waals surface area contributed by atoms with Gasteiger partial charge in [-0.3, -0.25) is 9.69 Å². The van der Waals surface area contributed by atoms with Gasteiger partial charge in [0.25, 0.3) is 0 Å². The summed E-state index contributed by atoms with van der Waals surface area (Å²) in [6, 6.07) is 18.3. The quantitative estimate of drug-likeness (QED) is 0.200. The highest BCUT2D eigenvalue weighted by Crippen LogP contribution is 2.39. The molecular weight excluding hydrogens is 535 g/mol. The summed E-state index contributed by atoms with van der Waals surface area (Å²) in [5, 5.41) is 3.23. The van der Waals surface area contributed by atoms with Gasteiger partial charge in [0, 0.05) is 38.0 Å². The van der Waals surface area contributed by atoms with Gasteiger partial charge in [-0.2, -0.15) is 13.2 Å². The number of amides is 1. The Morgan fingerprint density at radius 2 is 1.54 bits per heavy atom. The van der Waals surface area contributed by atoms with Crippen LogP contribution in [-0.4, -0.2) is 29.9 Å². The number of halogens is 5. The van der Waals surface area contributed by atoms with Crippen LogP contribution < -0.4 is 5.32 Å². The SMILES string of the molecule is O=C(CCCCC(c1ccc(F)cc1)c1ccc(F)cc1)N[C@@H]1CC[C@@H]2CN(Cc3cccc(C(F)(F)F)c3)C[C@H]21. The fraction of sp³-hybridized carbons (Fsp3) is 0.424. The topological polar surface area (TPSA) is 32.3 Å². The summed E-state index contributed by atoms with van der Waals surface area (Å²) < 4.78 is 66.3. The van der Waals surface area contributed by atoms with Gasteiger partial charge in [-0.15, -0.1) is 0 Å². The molecule has 41 heavy (non-hydrogen) atoms. The van der Waals surface area contributed by atoms with Gasteiger partial charge in [0.05, 0.1) is 5.56 Å². The third-order valence-electron chi connectivity index (χ3n) is 8.63. The Kier molecular flexibility index (Phi) is 9.07. The highest BCUT2D eigenvalue weighted by atomic mass is 19.4. The molecule has 3 aromatic carbocycles. The zero-order valence-corrected chi connectivity index (χ0v) is 22.8. The minimum absolute atomic E-state index is 0.0175. The van der Waals surface area contributed by atoms with E-state index < -0.39 is 11.7 Å². The number of alkyl halides is 3. The van der Waals surface area contributed by atoms with E-state index in [1.165, 1.54) is 36.4 Å². The van der Waals surface area contributed by atoms with Crippen molar-refractivity contribution in [3.63, 3.8) is 0 Å². The van der Waals surface area contributed by atoms with Gasteiger partial charge in [0.1, 0.15) is 11.6 Å². The van der Waals surface area contributed by atoms with E-state index in [2.05, 4.69) is 10.2 Å². The minimum Gasteiger partial charge on any atom is -0.353 e. The van der Waals surface area contributed by atoms with Crippen LogP contribution in [0.3, 0.4) is 0 Å². The molecule has 3 aromatic rings. The van der Waals surface area contributed by atoms with Gasteiger partial charge < -0.3 is 5.32 Å². The van der Waals surface area contributed by atoms with Crippen molar-refractivity contribution in [3.8, 4) is 0 Å². The Labute approximate surface area is 237 Å². The lowest BCUT2D eigenvalue weighted by Crippen LogP contribution is -2.39. The van der Waals surface area contributed by atoms with Crippen LogP contribution in [0.1, 0.15) is 66.7 Å². The standard InChI is InChI=1S/C33H35F5N2O/c34-27-13-8-23(9-14-27)29(24-10-15-28(35)16-11-24)6-1-2-7-32(41)39-31-17-12-25-20-40(21-30(25)31)19-22-4-3-5-26(18-22)33(36,37)38/h3-5,8-11,13-16,18,25,29-31H,1-2,6-7,12,17,19-21H2,(H,39,41)/t25-,30-,31-/m1/s1. The van der Waals surface area contributed by atoms with Gasteiger partial charge in [0.15, 0.2) is 0 Å². The first-order valence-corrected chi connectivity index (χ1v) is 14.3. The summed E-state index contributed by atoms with van der Waals surface area (Å²) in [6.07, 6.45) is 0.225. The van der Waals surface area contributed by atoms with Gasteiger partial charge >= 0.3 is 6.18 Å². The summed E-state index contributed by atoms with van der Waals surface area (Å²) in [6.45, 7) is 2.07. The average Bonchev–Trinajstić information content (AvgIpc) is 3.50. The number of nitrogens with one attached hydrogen (secondary N) is 1. The van der Waals surface area contributed by atoms with Crippen molar-refractivity contribution in [2.24, 2.45) is 11.8 Å². The van der Waals surface area contributed by atoms with E-state index in [1.807, 2.05) is 0 Å². The molecule has 1 amide bonds. The average molecular weight is 571 g/mol. The first-order chi connectivity index (χ1) is 19.7. The smallest absolute Gasteiger partial charge is 0.353 e. The van der Waals surface area contributed by atoms with Crippen LogP contribution in [0.2, 0.25) is 0 Å². The molecule has 0 bridgehead atoms. The third kappa shape index (κ3) is 7.53. The number of hydrogen-bond acceptors (Lipinski definition) is 2. The third-order valence-corrected chi connectivity index (χ3v) is 8.63. The summed E-state index contributed by atoms with van der Waals surface area (Å²) in [5.41, 5.74) is 1.94. The van der Waals surface area contributed by atoms with Gasteiger partial charge in [0.2, 0.25) is 5.91 Å². The number of unbranched alkanes of at least 4 members (excludes halogenated alkanes) is 1. The summed E-state index contributed by atoms with van der Waals surface area (Å²) in [4.78, 5) is 15.0. The Morgan fingerprint density at radius 1 is 0.878 bits per heavy atom. The number of rotatable bonds is 10. The first kappa shape index (κ1) is 29.2. The van der Waals surface area contributed by atoms with Crippen molar-refractivity contribution < 1.29 is 26.7 Å². The minimum atomic E-state index is -4.35. The van der Waals surface area contributed by atoms with E-state index in [-0.39, 0.29) is 29.5 Å². The van der Waals surface area contributed by atoms with Crippen LogP contribution in [0.25, 0.3) is 0 Å². The Morgan fingerprint density at radius 3 is 2.17 bits per heavy atom. The highest BCUT2D eigenvalue weighted by molar-refractivity contribution is 5.76. The van der Waals surface area contributed by atoms with Crippen LogP contribution in [0.5, 0.6) is 0 Å². The lowest BCUT2D eigenvalue weighted by Gasteiger charge is -2.22. The zero-order valence-electron chi connectivity index (χ0n) is 22.8. The zero-order chi connectivity index (χ0) is 29.0. The molecule has 1 heterocycles. The van der Waals surface area contributed by atoms with Crippen molar-refractivity contribution >= 4 is 5.91 Å². The molecule has 3 nitrogen and oxygen atoms in total. The van der Waals surface area contributed by atoms with Crippen LogP contribution >= 0.6 is 0 Å². The maximum absolute atomic E-state index is 13.5. The molecule has 2 aliphatic rings. The molecule has 1 saturated heterocycles. The second-order valence-corrected chi connectivity index (χ2v) is 11.5. The van der Waals surface area contributed by atoms with Crippen molar-refractivity contribution in [3.05, 3.63) is 107 Å². The second kappa shape index (κ2) is 12.7. The molecule has 3 atom stereocenters. The predicted molar refractivity (Wildman–Crippen MR) is 148 cm³/mol. The van der Waals surface area contributed by atoms with Crippen molar-refractivity contribution in [2.45, 2.75) is 63.2 Å². The van der Waals surface area contributed by atoms with Crippen molar-refractivity contribution in [1.82, 2.24) is 10.2 Å². The Bertz CT molecular complexity index is 1260. The lowest BCUT2D eigenvalue weighted by molar-refractivity contribution is -0.137. The number of hydrogen-bond donors (Lipinski definition) is 1. The molecule has 0 spiro atoms. The van der Waals surface area contributed by atoms with Crippen LogP contribution in [0, 0.1) is 23.5 Å². The molecule has 0 radical (unpaired) electrons. The monoisotopic (exact) mass is 570 g/mol. The van der Waals surface area contributed by atoms with Gasteiger partial charge in [-0.25, -0.2) is 8.78 Å². The van der Waals surface area contributed by atoms with E-state index in [0.29, 0.717) is 36.8 Å². The van der Waals surface area contributed by atoms with Gasteiger partial charge in [-0.05, 0) is 84.5 Å². The number of fused-ring (bicyclic) bond motifs is 1. The van der Waals surface area contributed by atoms with Crippen LogP contribution in [-0.2, 0) is 17.5 Å². The molecular formula is C33H35F5N2O. The van der Waals surface area contributed by atoms with Crippen LogP contribution in [0.4, 0.5) is 22.0 Å². The fourth-order valence-electron chi connectivity index (χ4n) is 6.60. The van der Waals surface area contributed by atoms with E-state index in [1.54, 1.807) is 30.3 Å². The molecule has 1 saturated carbocycles. The molecule has 218 valence electrons. The Hall–Kier alpha value is -3.26. The van der Waals surface area contributed by atoms with Crippen molar-refractivity contribution in [2.75, 3.05) is 13.1 Å². The maximum Gasteiger partial charge on any atom is 0.416 e. The molecule has 5 rings (SSSR count).